The molecule has 0 saturated heterocycles. The van der Waals surface area contributed by atoms with Crippen molar-refractivity contribution in [1.82, 2.24) is 14.9 Å². The van der Waals surface area contributed by atoms with E-state index in [-0.39, 0.29) is 18.9 Å². The van der Waals surface area contributed by atoms with Crippen LogP contribution >= 0.6 is 11.6 Å². The molecule has 1 heterocycles. The van der Waals surface area contributed by atoms with Crippen molar-refractivity contribution in [2.75, 3.05) is 6.54 Å². The lowest BCUT2D eigenvalue weighted by molar-refractivity contribution is -0.121. The summed E-state index contributed by atoms with van der Waals surface area (Å²) < 4.78 is 1.06. The molecular formula is C19H18ClN3O3. The molecule has 0 atom stereocenters. The molecule has 0 unspecified atom stereocenters. The lowest BCUT2D eigenvalue weighted by atomic mass is 10.1. The van der Waals surface area contributed by atoms with Crippen LogP contribution in [0.1, 0.15) is 12.0 Å². The highest BCUT2D eigenvalue weighted by Gasteiger charge is 2.09. The Bertz CT molecular complexity index is 1040. The Kier molecular flexibility index (Phi) is 5.53. The van der Waals surface area contributed by atoms with Gasteiger partial charge in [-0.05, 0) is 36.2 Å². The van der Waals surface area contributed by atoms with E-state index in [1.807, 2.05) is 12.1 Å². The first-order valence-corrected chi connectivity index (χ1v) is 8.65. The summed E-state index contributed by atoms with van der Waals surface area (Å²) in [5.41, 5.74) is 0.657. The summed E-state index contributed by atoms with van der Waals surface area (Å²) in [6.07, 6.45) is 0.737. The van der Waals surface area contributed by atoms with Gasteiger partial charge in [-0.3, -0.25) is 14.2 Å². The van der Waals surface area contributed by atoms with Crippen molar-refractivity contribution in [1.29, 1.82) is 0 Å². The summed E-state index contributed by atoms with van der Waals surface area (Å²) in [7, 11) is 0. The predicted octanol–water partition coefficient (Wildman–Crippen LogP) is 2.09. The number of benzene rings is 2. The van der Waals surface area contributed by atoms with Gasteiger partial charge in [-0.15, -0.1) is 0 Å². The van der Waals surface area contributed by atoms with Gasteiger partial charge in [0.15, 0.2) is 0 Å². The molecule has 2 N–H and O–H groups in total. The number of carbonyl (C=O) groups excluding carboxylic acids is 1. The summed E-state index contributed by atoms with van der Waals surface area (Å²) in [6, 6.07) is 14.2. The highest BCUT2D eigenvalue weighted by molar-refractivity contribution is 6.30. The Morgan fingerprint density at radius 3 is 2.58 bits per heavy atom. The van der Waals surface area contributed by atoms with Gasteiger partial charge in [-0.25, -0.2) is 4.79 Å². The minimum atomic E-state index is -0.511. The van der Waals surface area contributed by atoms with Crippen molar-refractivity contribution in [2.24, 2.45) is 0 Å². The Morgan fingerprint density at radius 1 is 1.08 bits per heavy atom. The lowest BCUT2D eigenvalue weighted by Crippen LogP contribution is -2.37. The van der Waals surface area contributed by atoms with Gasteiger partial charge in [0.1, 0.15) is 0 Å². The third-order valence-electron chi connectivity index (χ3n) is 4.10. The van der Waals surface area contributed by atoms with E-state index in [4.69, 9.17) is 11.6 Å². The van der Waals surface area contributed by atoms with Crippen LogP contribution in [0, 0.1) is 0 Å². The second-order valence-electron chi connectivity index (χ2n) is 5.91. The first-order valence-electron chi connectivity index (χ1n) is 8.27. The third-order valence-corrected chi connectivity index (χ3v) is 4.35. The Labute approximate surface area is 154 Å². The molecule has 26 heavy (non-hydrogen) atoms. The zero-order valence-electron chi connectivity index (χ0n) is 14.0. The normalized spacial score (nSPS) is 10.8. The number of nitrogens with zero attached hydrogens (tertiary/aromatic N) is 1. The number of para-hydroxylation sites is 1. The smallest absolute Gasteiger partial charge is 0.328 e. The SMILES string of the molecule is O=C(CCn1c(=O)[nH]c2ccccc2c1=O)NCCc1ccc(Cl)cc1. The molecule has 0 bridgehead atoms. The number of hydrogen-bond donors (Lipinski definition) is 2. The highest BCUT2D eigenvalue weighted by Crippen LogP contribution is 2.09. The molecular weight excluding hydrogens is 354 g/mol. The highest BCUT2D eigenvalue weighted by atomic mass is 35.5. The number of carbonyl (C=O) groups is 1. The summed E-state index contributed by atoms with van der Waals surface area (Å²) in [6.45, 7) is 0.509. The van der Waals surface area contributed by atoms with Gasteiger partial charge < -0.3 is 10.3 Å². The molecule has 3 rings (SSSR count). The molecule has 1 amide bonds. The molecule has 0 fully saturated rings. The van der Waals surface area contributed by atoms with E-state index in [0.29, 0.717) is 28.9 Å². The van der Waals surface area contributed by atoms with Gasteiger partial charge in [-0.2, -0.15) is 0 Å². The Morgan fingerprint density at radius 2 is 1.81 bits per heavy atom. The average molecular weight is 372 g/mol. The van der Waals surface area contributed by atoms with Crippen LogP contribution in [0.25, 0.3) is 10.9 Å². The van der Waals surface area contributed by atoms with Gasteiger partial charge in [0, 0.05) is 24.5 Å². The monoisotopic (exact) mass is 371 g/mol. The topological polar surface area (TPSA) is 84.0 Å². The second kappa shape index (κ2) is 8.01. The van der Waals surface area contributed by atoms with Gasteiger partial charge in [0.2, 0.25) is 5.91 Å². The van der Waals surface area contributed by atoms with Crippen LogP contribution in [0.2, 0.25) is 5.02 Å². The number of fused-ring (bicyclic) bond motifs is 1. The van der Waals surface area contributed by atoms with Crippen LogP contribution in [-0.2, 0) is 17.8 Å². The van der Waals surface area contributed by atoms with Crippen LogP contribution in [-0.4, -0.2) is 22.0 Å². The van der Waals surface area contributed by atoms with E-state index in [1.165, 1.54) is 0 Å². The number of aromatic amines is 1. The van der Waals surface area contributed by atoms with E-state index < -0.39 is 11.2 Å². The number of amides is 1. The maximum atomic E-state index is 12.4. The fourth-order valence-electron chi connectivity index (χ4n) is 2.70. The van der Waals surface area contributed by atoms with Crippen molar-refractivity contribution in [2.45, 2.75) is 19.4 Å². The number of hydrogen-bond acceptors (Lipinski definition) is 3. The van der Waals surface area contributed by atoms with Gasteiger partial charge in [-0.1, -0.05) is 35.9 Å². The third kappa shape index (κ3) is 4.21. The standard InChI is InChI=1S/C19H18ClN3O3/c20-14-7-5-13(6-8-14)9-11-21-17(24)10-12-23-18(25)15-3-1-2-4-16(15)22-19(23)26/h1-8H,9-12H2,(H,21,24)(H,22,26). The number of rotatable bonds is 6. The van der Waals surface area contributed by atoms with Crippen molar-refractivity contribution < 1.29 is 4.79 Å². The molecule has 0 spiro atoms. The first-order chi connectivity index (χ1) is 12.5. The number of nitrogens with one attached hydrogen (secondary N) is 2. The maximum Gasteiger partial charge on any atom is 0.328 e. The van der Waals surface area contributed by atoms with E-state index >= 15 is 0 Å². The van der Waals surface area contributed by atoms with E-state index in [0.717, 1.165) is 10.1 Å². The molecule has 3 aromatic rings. The van der Waals surface area contributed by atoms with E-state index in [9.17, 15) is 14.4 Å². The largest absolute Gasteiger partial charge is 0.356 e. The summed E-state index contributed by atoms with van der Waals surface area (Å²) in [5, 5.41) is 3.89. The van der Waals surface area contributed by atoms with Gasteiger partial charge >= 0.3 is 5.69 Å². The minimum absolute atomic E-state index is 0.0335. The van der Waals surface area contributed by atoms with Crippen LogP contribution in [0.15, 0.2) is 58.1 Å². The molecule has 6 nitrogen and oxygen atoms in total. The fraction of sp³-hybridized carbons (Fsp3) is 0.211. The zero-order chi connectivity index (χ0) is 18.5. The maximum absolute atomic E-state index is 12.4. The number of aromatic nitrogens is 2. The molecule has 2 aromatic carbocycles. The van der Waals surface area contributed by atoms with Crippen LogP contribution in [0.3, 0.4) is 0 Å². The quantitative estimate of drug-likeness (QED) is 0.696. The predicted molar refractivity (Wildman–Crippen MR) is 102 cm³/mol. The summed E-state index contributed by atoms with van der Waals surface area (Å²) in [5.74, 6) is -0.210. The number of H-pyrrole nitrogens is 1. The van der Waals surface area contributed by atoms with Gasteiger partial charge in [0.05, 0.1) is 10.9 Å². The summed E-state index contributed by atoms with van der Waals surface area (Å²) >= 11 is 5.83. The average Bonchev–Trinajstić information content (AvgIpc) is 2.63. The zero-order valence-corrected chi connectivity index (χ0v) is 14.8. The van der Waals surface area contributed by atoms with Crippen LogP contribution in [0.5, 0.6) is 0 Å². The number of halogens is 1. The molecule has 7 heteroatoms. The lowest BCUT2D eigenvalue weighted by Gasteiger charge is -2.08. The first kappa shape index (κ1) is 17.9. The fourth-order valence-corrected chi connectivity index (χ4v) is 2.83. The van der Waals surface area contributed by atoms with Crippen LogP contribution in [0.4, 0.5) is 0 Å². The van der Waals surface area contributed by atoms with Crippen LogP contribution < -0.4 is 16.6 Å². The molecule has 134 valence electrons. The minimum Gasteiger partial charge on any atom is -0.356 e. The molecule has 0 radical (unpaired) electrons. The van der Waals surface area contributed by atoms with Crippen molar-refractivity contribution in [3.63, 3.8) is 0 Å². The van der Waals surface area contributed by atoms with Crippen molar-refractivity contribution in [3.8, 4) is 0 Å². The van der Waals surface area contributed by atoms with Gasteiger partial charge in [0.25, 0.3) is 5.56 Å². The molecule has 0 saturated carbocycles. The second-order valence-corrected chi connectivity index (χ2v) is 6.35. The molecule has 0 aliphatic carbocycles. The van der Waals surface area contributed by atoms with Crippen molar-refractivity contribution in [3.05, 3.63) is 80.0 Å². The van der Waals surface area contributed by atoms with Crippen molar-refractivity contribution >= 4 is 28.4 Å². The van der Waals surface area contributed by atoms with E-state index in [1.54, 1.807) is 36.4 Å². The molecule has 0 aliphatic rings. The Hall–Kier alpha value is -2.86. The Balaban J connectivity index is 1.58. The van der Waals surface area contributed by atoms with E-state index in [2.05, 4.69) is 10.3 Å². The summed E-state index contributed by atoms with van der Waals surface area (Å²) in [4.78, 5) is 39.1. The molecule has 1 aromatic heterocycles. The molecule has 0 aliphatic heterocycles.